The molecule has 0 aromatic rings. The van der Waals surface area contributed by atoms with Gasteiger partial charge in [-0.25, -0.2) is 18.4 Å². The molecular weight excluding hydrogens is 242 g/mol. The van der Waals surface area contributed by atoms with E-state index in [1.807, 2.05) is 5.32 Å². The zero-order chi connectivity index (χ0) is 12.6. The van der Waals surface area contributed by atoms with Crippen molar-refractivity contribution in [2.75, 3.05) is 18.6 Å². The summed E-state index contributed by atoms with van der Waals surface area (Å²) in [5, 5.41) is 12.7. The number of alkyl halides is 2. The van der Waals surface area contributed by atoms with Crippen LogP contribution in [0.25, 0.3) is 0 Å². The lowest BCUT2D eigenvalue weighted by Crippen LogP contribution is -2.47. The molecule has 0 aromatic carbocycles. The molecule has 94 valence electrons. The first kappa shape index (κ1) is 14.9. The normalized spacial score (nSPS) is 12.2. The number of amides is 2. The van der Waals surface area contributed by atoms with Crippen molar-refractivity contribution in [3.63, 3.8) is 0 Å². The molecular formula is C8H14F2N2O3S. The topological polar surface area (TPSA) is 78.4 Å². The van der Waals surface area contributed by atoms with E-state index < -0.39 is 31.0 Å². The van der Waals surface area contributed by atoms with Gasteiger partial charge in [0.05, 0.1) is 6.54 Å². The fraction of sp³-hybridized carbons (Fsp3) is 0.750. The van der Waals surface area contributed by atoms with Gasteiger partial charge in [-0.1, -0.05) is 0 Å². The highest BCUT2D eigenvalue weighted by Crippen LogP contribution is 2.00. The quantitative estimate of drug-likeness (QED) is 0.628. The standard InChI is InChI=1S/C8H14F2N2O3S/c1-16-3-2-5(7(13)14)12-8(15)11-4-6(9)10/h5-6H,2-4H2,1H3,(H,13,14)(H2,11,12,15)/t5-/m1/s1. The minimum atomic E-state index is -2.65. The third-order valence-electron chi connectivity index (χ3n) is 1.63. The molecule has 0 heterocycles. The molecule has 0 aliphatic rings. The highest BCUT2D eigenvalue weighted by atomic mass is 32.2. The van der Waals surface area contributed by atoms with Gasteiger partial charge in [0.2, 0.25) is 0 Å². The Balaban J connectivity index is 3.98. The number of carbonyl (C=O) groups is 2. The molecule has 2 amide bonds. The molecule has 0 spiro atoms. The van der Waals surface area contributed by atoms with Crippen molar-refractivity contribution in [1.82, 2.24) is 10.6 Å². The minimum Gasteiger partial charge on any atom is -0.480 e. The van der Waals surface area contributed by atoms with E-state index >= 15 is 0 Å². The Morgan fingerprint density at radius 1 is 1.44 bits per heavy atom. The molecule has 3 N–H and O–H groups in total. The maximum Gasteiger partial charge on any atom is 0.326 e. The number of urea groups is 1. The van der Waals surface area contributed by atoms with E-state index in [-0.39, 0.29) is 6.42 Å². The van der Waals surface area contributed by atoms with Gasteiger partial charge in [-0.05, 0) is 18.4 Å². The highest BCUT2D eigenvalue weighted by Gasteiger charge is 2.19. The van der Waals surface area contributed by atoms with Gasteiger partial charge in [0, 0.05) is 0 Å². The number of halogens is 2. The predicted octanol–water partition coefficient (Wildman–Crippen LogP) is 0.757. The summed E-state index contributed by atoms with van der Waals surface area (Å²) >= 11 is 1.44. The number of hydrogen-bond acceptors (Lipinski definition) is 3. The molecule has 1 atom stereocenters. The van der Waals surface area contributed by atoms with Crippen LogP contribution in [0.4, 0.5) is 13.6 Å². The molecule has 0 saturated carbocycles. The van der Waals surface area contributed by atoms with Gasteiger partial charge in [0.1, 0.15) is 6.04 Å². The summed E-state index contributed by atoms with van der Waals surface area (Å²) in [4.78, 5) is 21.7. The van der Waals surface area contributed by atoms with Crippen molar-refractivity contribution >= 4 is 23.8 Å². The van der Waals surface area contributed by atoms with Crippen LogP contribution in [-0.2, 0) is 4.79 Å². The predicted molar refractivity (Wildman–Crippen MR) is 57.0 cm³/mol. The lowest BCUT2D eigenvalue weighted by Gasteiger charge is -2.14. The van der Waals surface area contributed by atoms with Crippen LogP contribution in [-0.4, -0.2) is 48.1 Å². The second kappa shape index (κ2) is 8.14. The fourth-order valence-electron chi connectivity index (χ4n) is 0.872. The Hall–Kier alpha value is -1.05. The van der Waals surface area contributed by atoms with E-state index in [0.29, 0.717) is 5.75 Å². The van der Waals surface area contributed by atoms with Gasteiger partial charge in [-0.15, -0.1) is 0 Å². The molecule has 0 aromatic heterocycles. The van der Waals surface area contributed by atoms with Crippen LogP contribution in [0, 0.1) is 0 Å². The van der Waals surface area contributed by atoms with Crippen LogP contribution in [0.1, 0.15) is 6.42 Å². The van der Waals surface area contributed by atoms with Crippen LogP contribution in [0.5, 0.6) is 0 Å². The zero-order valence-electron chi connectivity index (χ0n) is 8.70. The molecule has 16 heavy (non-hydrogen) atoms. The van der Waals surface area contributed by atoms with Gasteiger partial charge in [0.15, 0.2) is 0 Å². The molecule has 0 fully saturated rings. The molecule has 8 heteroatoms. The summed E-state index contributed by atoms with van der Waals surface area (Å²) in [5.74, 6) is -0.618. The van der Waals surface area contributed by atoms with E-state index in [0.717, 1.165) is 0 Å². The summed E-state index contributed by atoms with van der Waals surface area (Å²) in [6.07, 6.45) is -0.603. The summed E-state index contributed by atoms with van der Waals surface area (Å²) in [6, 6.07) is -1.95. The van der Waals surface area contributed by atoms with Crippen molar-refractivity contribution in [2.24, 2.45) is 0 Å². The van der Waals surface area contributed by atoms with Crippen LogP contribution in [0.15, 0.2) is 0 Å². The van der Waals surface area contributed by atoms with Gasteiger partial charge in [-0.2, -0.15) is 11.8 Å². The Bertz CT molecular complexity index is 241. The molecule has 0 radical (unpaired) electrons. The first-order chi connectivity index (χ1) is 7.47. The summed E-state index contributed by atoms with van der Waals surface area (Å²) < 4.78 is 23.5. The van der Waals surface area contributed by atoms with Crippen molar-refractivity contribution in [3.05, 3.63) is 0 Å². The second-order valence-corrected chi connectivity index (χ2v) is 3.90. The number of aliphatic carboxylic acids is 1. The SMILES string of the molecule is CSCC[C@@H](NC(=O)NCC(F)F)C(=O)O. The molecule has 0 aliphatic heterocycles. The molecule has 5 nitrogen and oxygen atoms in total. The number of carboxylic acids is 1. The molecule has 0 unspecified atom stereocenters. The third kappa shape index (κ3) is 7.27. The zero-order valence-corrected chi connectivity index (χ0v) is 9.52. The second-order valence-electron chi connectivity index (χ2n) is 2.92. The lowest BCUT2D eigenvalue weighted by molar-refractivity contribution is -0.139. The fourth-order valence-corrected chi connectivity index (χ4v) is 1.34. The monoisotopic (exact) mass is 256 g/mol. The maximum absolute atomic E-state index is 11.7. The van der Waals surface area contributed by atoms with Crippen molar-refractivity contribution in [3.8, 4) is 0 Å². The summed E-state index contributed by atoms with van der Waals surface area (Å²) in [6.45, 7) is -0.791. The van der Waals surface area contributed by atoms with E-state index in [1.165, 1.54) is 11.8 Å². The van der Waals surface area contributed by atoms with Crippen molar-refractivity contribution in [1.29, 1.82) is 0 Å². The average molecular weight is 256 g/mol. The largest absolute Gasteiger partial charge is 0.480 e. The Morgan fingerprint density at radius 2 is 2.06 bits per heavy atom. The Kier molecular flexibility index (Phi) is 7.61. The van der Waals surface area contributed by atoms with Crippen LogP contribution in [0.2, 0.25) is 0 Å². The number of nitrogens with one attached hydrogen (secondary N) is 2. The highest BCUT2D eigenvalue weighted by molar-refractivity contribution is 7.98. The molecule has 0 rings (SSSR count). The number of thioether (sulfide) groups is 1. The molecule has 0 saturated heterocycles. The van der Waals surface area contributed by atoms with Gasteiger partial charge >= 0.3 is 12.0 Å². The van der Waals surface area contributed by atoms with E-state index in [1.54, 1.807) is 6.26 Å². The summed E-state index contributed by atoms with van der Waals surface area (Å²) in [5.41, 5.74) is 0. The van der Waals surface area contributed by atoms with Gasteiger partial charge in [-0.3, -0.25) is 0 Å². The summed E-state index contributed by atoms with van der Waals surface area (Å²) in [7, 11) is 0. The van der Waals surface area contributed by atoms with Crippen LogP contribution >= 0.6 is 11.8 Å². The minimum absolute atomic E-state index is 0.249. The average Bonchev–Trinajstić information content (AvgIpc) is 2.20. The molecule has 0 bridgehead atoms. The first-order valence-electron chi connectivity index (χ1n) is 4.51. The number of rotatable bonds is 7. The Morgan fingerprint density at radius 3 is 2.50 bits per heavy atom. The van der Waals surface area contributed by atoms with Gasteiger partial charge in [0.25, 0.3) is 6.43 Å². The number of carboxylic acid groups (broad SMARTS) is 1. The van der Waals surface area contributed by atoms with E-state index in [2.05, 4.69) is 5.32 Å². The first-order valence-corrected chi connectivity index (χ1v) is 5.91. The van der Waals surface area contributed by atoms with Crippen LogP contribution in [0.3, 0.4) is 0 Å². The van der Waals surface area contributed by atoms with Gasteiger partial charge < -0.3 is 15.7 Å². The van der Waals surface area contributed by atoms with Crippen molar-refractivity contribution in [2.45, 2.75) is 18.9 Å². The smallest absolute Gasteiger partial charge is 0.326 e. The van der Waals surface area contributed by atoms with Crippen LogP contribution < -0.4 is 10.6 Å². The van der Waals surface area contributed by atoms with Crippen molar-refractivity contribution < 1.29 is 23.5 Å². The molecule has 0 aliphatic carbocycles. The number of hydrogen-bond donors (Lipinski definition) is 3. The third-order valence-corrected chi connectivity index (χ3v) is 2.27. The van der Waals surface area contributed by atoms with E-state index in [9.17, 15) is 18.4 Å². The maximum atomic E-state index is 11.7. The Labute approximate surface area is 96.0 Å². The van der Waals surface area contributed by atoms with E-state index in [4.69, 9.17) is 5.11 Å². The number of carbonyl (C=O) groups excluding carboxylic acids is 1. The lowest BCUT2D eigenvalue weighted by atomic mass is 10.2.